The quantitative estimate of drug-likeness (QED) is 0.124. The summed E-state index contributed by atoms with van der Waals surface area (Å²) < 4.78 is 56.5. The molecule has 0 aliphatic rings. The lowest BCUT2D eigenvalue weighted by molar-refractivity contribution is -0.403. The molecule has 0 aromatic heterocycles. The van der Waals surface area contributed by atoms with Crippen LogP contribution in [0.1, 0.15) is 116 Å². The zero-order valence-corrected chi connectivity index (χ0v) is 22.6. The third kappa shape index (κ3) is 12.6. The van der Waals surface area contributed by atoms with Crippen LogP contribution < -0.4 is 0 Å². The molecule has 6 heteroatoms. The summed E-state index contributed by atoms with van der Waals surface area (Å²) >= 11 is 0. The molecule has 1 unspecified atom stereocenters. The minimum absolute atomic E-state index is 0.184. The second-order valence-electron chi connectivity index (χ2n) is 9.30. The van der Waals surface area contributed by atoms with Crippen molar-refractivity contribution in [2.75, 3.05) is 19.8 Å². The Morgan fingerprint density at radius 3 is 1.54 bits per heavy atom. The van der Waals surface area contributed by atoms with Crippen LogP contribution in [0.3, 0.4) is 0 Å². The Balaban J connectivity index is 2.56. The van der Waals surface area contributed by atoms with Gasteiger partial charge in [-0.1, -0.05) is 76.8 Å². The summed E-state index contributed by atoms with van der Waals surface area (Å²) in [6, 6.07) is 5.55. The monoisotopic (exact) mass is 502 g/mol. The van der Waals surface area contributed by atoms with Crippen LogP contribution >= 0.6 is 0 Å². The summed E-state index contributed by atoms with van der Waals surface area (Å²) in [4.78, 5) is 0. The van der Waals surface area contributed by atoms with Gasteiger partial charge in [0, 0.05) is 25.7 Å². The predicted octanol–water partition coefficient (Wildman–Crippen LogP) is 9.33. The molecule has 0 spiro atoms. The summed E-state index contributed by atoms with van der Waals surface area (Å²) in [6.07, 6.45) is 10.2. The molecular formula is C29H49F3O3. The molecule has 0 heterocycles. The molecule has 0 saturated heterocycles. The summed E-state index contributed by atoms with van der Waals surface area (Å²) in [6.45, 7) is 9.81. The van der Waals surface area contributed by atoms with E-state index in [4.69, 9.17) is 14.2 Å². The zero-order valence-electron chi connectivity index (χ0n) is 22.6. The summed E-state index contributed by atoms with van der Waals surface area (Å²) in [7, 11) is 0. The average Bonchev–Trinajstić information content (AvgIpc) is 2.82. The Bertz CT molecular complexity index is 614. The number of benzene rings is 1. The Labute approximate surface area is 212 Å². The minimum atomic E-state index is -4.27. The number of halogens is 3. The molecule has 1 aromatic rings. The van der Waals surface area contributed by atoms with Gasteiger partial charge >= 0.3 is 6.18 Å². The Kier molecular flexibility index (Phi) is 16.6. The maximum atomic E-state index is 12.7. The molecule has 0 radical (unpaired) electrons. The van der Waals surface area contributed by atoms with Crippen molar-refractivity contribution in [2.24, 2.45) is 5.92 Å². The molecule has 0 aliphatic carbocycles. The highest BCUT2D eigenvalue weighted by Crippen LogP contribution is 2.35. The second-order valence-corrected chi connectivity index (χ2v) is 9.30. The number of hydrogen-bond acceptors (Lipinski definition) is 3. The van der Waals surface area contributed by atoms with Crippen molar-refractivity contribution in [3.05, 3.63) is 35.4 Å². The van der Waals surface area contributed by atoms with E-state index in [-0.39, 0.29) is 5.92 Å². The molecule has 0 saturated carbocycles. The fraction of sp³-hybridized carbons (Fsp3) is 0.793. The zero-order chi connectivity index (χ0) is 26.0. The number of unbranched alkanes of at least 4 members (excludes halogenated alkanes) is 8. The second kappa shape index (κ2) is 18.2. The van der Waals surface area contributed by atoms with Gasteiger partial charge in [0.05, 0.1) is 5.56 Å². The highest BCUT2D eigenvalue weighted by Gasteiger charge is 2.41. The average molecular weight is 503 g/mol. The molecule has 1 atom stereocenters. The van der Waals surface area contributed by atoms with Crippen molar-refractivity contribution >= 4 is 0 Å². The summed E-state index contributed by atoms with van der Waals surface area (Å²) in [5, 5.41) is 0. The number of alkyl halides is 3. The molecule has 0 N–H and O–H groups in total. The van der Waals surface area contributed by atoms with Gasteiger partial charge in [0.25, 0.3) is 5.97 Å². The third-order valence-electron chi connectivity index (χ3n) is 6.49. The molecule has 0 bridgehead atoms. The van der Waals surface area contributed by atoms with E-state index >= 15 is 0 Å². The van der Waals surface area contributed by atoms with Crippen LogP contribution in [-0.2, 0) is 26.8 Å². The molecular weight excluding hydrogens is 453 g/mol. The van der Waals surface area contributed by atoms with Crippen molar-refractivity contribution in [1.29, 1.82) is 0 Å². The first-order valence-electron chi connectivity index (χ1n) is 13.9. The van der Waals surface area contributed by atoms with E-state index in [1.807, 2.05) is 20.8 Å². The van der Waals surface area contributed by atoms with E-state index in [0.717, 1.165) is 56.9 Å². The van der Waals surface area contributed by atoms with Crippen molar-refractivity contribution < 1.29 is 27.4 Å². The van der Waals surface area contributed by atoms with Crippen molar-refractivity contribution in [3.8, 4) is 0 Å². The molecule has 35 heavy (non-hydrogen) atoms. The van der Waals surface area contributed by atoms with Crippen LogP contribution in [0.25, 0.3) is 0 Å². The third-order valence-corrected chi connectivity index (χ3v) is 6.49. The highest BCUT2D eigenvalue weighted by molar-refractivity contribution is 5.24. The van der Waals surface area contributed by atoms with E-state index in [9.17, 15) is 13.2 Å². The Morgan fingerprint density at radius 2 is 1.09 bits per heavy atom. The van der Waals surface area contributed by atoms with Gasteiger partial charge in [-0.3, -0.25) is 0 Å². The molecule has 3 nitrogen and oxygen atoms in total. The van der Waals surface area contributed by atoms with Crippen molar-refractivity contribution in [1.82, 2.24) is 0 Å². The number of aryl methyl sites for hydroxylation is 1. The van der Waals surface area contributed by atoms with Crippen molar-refractivity contribution in [2.45, 2.75) is 123 Å². The maximum Gasteiger partial charge on any atom is 0.416 e. The van der Waals surface area contributed by atoms with E-state index < -0.39 is 17.7 Å². The number of hydrogen-bond donors (Lipinski definition) is 0. The minimum Gasteiger partial charge on any atom is -0.328 e. The fourth-order valence-corrected chi connectivity index (χ4v) is 4.68. The van der Waals surface area contributed by atoms with Gasteiger partial charge in [0.15, 0.2) is 0 Å². The molecule has 204 valence electrons. The van der Waals surface area contributed by atoms with E-state index in [2.05, 4.69) is 6.92 Å². The summed E-state index contributed by atoms with van der Waals surface area (Å²) in [5.41, 5.74) is 0.376. The topological polar surface area (TPSA) is 27.7 Å². The van der Waals surface area contributed by atoms with Gasteiger partial charge in [-0.25, -0.2) is 0 Å². The lowest BCUT2D eigenvalue weighted by Gasteiger charge is -2.39. The Hall–Kier alpha value is -1.11. The first-order chi connectivity index (χ1) is 16.8. The SMILES string of the molecule is CCCCCCCCC(CCCCCCc1ccc(C(F)(F)F)cc1)C(OCC)(OCC)OCC. The number of ether oxygens (including phenoxy) is 3. The van der Waals surface area contributed by atoms with E-state index in [1.165, 1.54) is 44.2 Å². The van der Waals surface area contributed by atoms with E-state index in [1.54, 1.807) is 12.1 Å². The molecule has 0 amide bonds. The lowest BCUT2D eigenvalue weighted by Crippen LogP contribution is -2.46. The van der Waals surface area contributed by atoms with Crippen LogP contribution in [0, 0.1) is 5.92 Å². The maximum absolute atomic E-state index is 12.7. The molecule has 0 fully saturated rings. The smallest absolute Gasteiger partial charge is 0.328 e. The van der Waals surface area contributed by atoms with Crippen LogP contribution in [0.15, 0.2) is 24.3 Å². The van der Waals surface area contributed by atoms with Gasteiger partial charge < -0.3 is 14.2 Å². The van der Waals surface area contributed by atoms with Gasteiger partial charge in [0.1, 0.15) is 0 Å². The largest absolute Gasteiger partial charge is 0.416 e. The normalized spacial score (nSPS) is 13.3. The molecule has 1 aromatic carbocycles. The van der Waals surface area contributed by atoms with Crippen LogP contribution in [0.2, 0.25) is 0 Å². The van der Waals surface area contributed by atoms with Crippen molar-refractivity contribution in [3.63, 3.8) is 0 Å². The molecule has 1 rings (SSSR count). The van der Waals surface area contributed by atoms with Crippen LogP contribution in [-0.4, -0.2) is 25.8 Å². The van der Waals surface area contributed by atoms with Crippen LogP contribution in [0.5, 0.6) is 0 Å². The first-order valence-corrected chi connectivity index (χ1v) is 13.9. The van der Waals surface area contributed by atoms with E-state index in [0.29, 0.717) is 19.8 Å². The standard InChI is InChI=1S/C29H49F3O3/c1-5-9-10-11-12-16-19-27(29(33-6-2,34-7-3)35-8-4)20-17-14-13-15-18-25-21-23-26(24-22-25)28(30,31)32/h21-24,27H,5-20H2,1-4H3. The fourth-order valence-electron chi connectivity index (χ4n) is 4.68. The Morgan fingerprint density at radius 1 is 0.629 bits per heavy atom. The molecule has 0 aliphatic heterocycles. The van der Waals surface area contributed by atoms with Gasteiger partial charge in [0.2, 0.25) is 0 Å². The lowest BCUT2D eigenvalue weighted by atomic mass is 9.91. The predicted molar refractivity (Wildman–Crippen MR) is 137 cm³/mol. The van der Waals surface area contributed by atoms with Crippen LogP contribution in [0.4, 0.5) is 13.2 Å². The van der Waals surface area contributed by atoms with Gasteiger partial charge in [-0.15, -0.1) is 0 Å². The number of rotatable bonds is 21. The van der Waals surface area contributed by atoms with Gasteiger partial charge in [-0.2, -0.15) is 13.2 Å². The van der Waals surface area contributed by atoms with Gasteiger partial charge in [-0.05, 0) is 64.2 Å². The first kappa shape index (κ1) is 31.9. The summed E-state index contributed by atoms with van der Waals surface area (Å²) in [5.74, 6) is -0.787. The highest BCUT2D eigenvalue weighted by atomic mass is 19.4.